The fraction of sp³-hybridized carbons (Fsp3) is 0.900. The lowest BCUT2D eigenvalue weighted by molar-refractivity contribution is -0.119. The molecular formula is C20H40N4O3. The van der Waals surface area contributed by atoms with Crippen LogP contribution in [-0.2, 0) is 9.53 Å². The smallest absolute Gasteiger partial charge is 0.410 e. The molecule has 0 aromatic heterocycles. The van der Waals surface area contributed by atoms with Gasteiger partial charge in [0.1, 0.15) is 5.60 Å². The number of rotatable bonds is 8. The average Bonchev–Trinajstić information content (AvgIpc) is 2.51. The van der Waals surface area contributed by atoms with Crippen molar-refractivity contribution in [3.63, 3.8) is 0 Å². The molecule has 7 nitrogen and oxygen atoms in total. The third-order valence-corrected chi connectivity index (χ3v) is 4.76. The van der Waals surface area contributed by atoms with Crippen LogP contribution in [0.5, 0.6) is 0 Å². The first-order valence-electron chi connectivity index (χ1n) is 10.1. The van der Waals surface area contributed by atoms with Gasteiger partial charge in [-0.2, -0.15) is 0 Å². The van der Waals surface area contributed by atoms with E-state index in [1.54, 1.807) is 4.90 Å². The average molecular weight is 385 g/mol. The van der Waals surface area contributed by atoms with Gasteiger partial charge in [-0.1, -0.05) is 13.8 Å². The van der Waals surface area contributed by atoms with Crippen molar-refractivity contribution in [2.45, 2.75) is 72.6 Å². The first-order valence-corrected chi connectivity index (χ1v) is 10.1. The molecule has 1 fully saturated rings. The molecule has 0 spiro atoms. The molecule has 1 aliphatic rings. The highest BCUT2D eigenvalue weighted by Gasteiger charge is 2.30. The fourth-order valence-corrected chi connectivity index (χ4v) is 3.41. The first kappa shape index (κ1) is 23.7. The Morgan fingerprint density at radius 1 is 1.07 bits per heavy atom. The van der Waals surface area contributed by atoms with Gasteiger partial charge in [0.05, 0.1) is 6.54 Å². The van der Waals surface area contributed by atoms with Gasteiger partial charge in [-0.15, -0.1) is 0 Å². The topological polar surface area (TPSA) is 79.1 Å². The van der Waals surface area contributed by atoms with E-state index in [0.29, 0.717) is 25.0 Å². The molecule has 2 amide bonds. The van der Waals surface area contributed by atoms with Crippen LogP contribution in [0.3, 0.4) is 0 Å². The molecule has 0 aliphatic carbocycles. The van der Waals surface area contributed by atoms with Crippen LogP contribution in [0.15, 0.2) is 0 Å². The molecule has 0 radical (unpaired) electrons. The maximum absolute atomic E-state index is 12.3. The van der Waals surface area contributed by atoms with Crippen molar-refractivity contribution in [1.82, 2.24) is 14.7 Å². The number of piperazine rings is 1. The Morgan fingerprint density at radius 2 is 1.63 bits per heavy atom. The molecular weight excluding hydrogens is 344 g/mol. The Labute approximate surface area is 165 Å². The van der Waals surface area contributed by atoms with Crippen LogP contribution in [0.2, 0.25) is 0 Å². The monoisotopic (exact) mass is 384 g/mol. The zero-order chi connectivity index (χ0) is 20.8. The van der Waals surface area contributed by atoms with Crippen LogP contribution in [0.4, 0.5) is 4.79 Å². The van der Waals surface area contributed by atoms with Crippen LogP contribution in [0.25, 0.3) is 0 Å². The standard InChI is InChI=1S/C20H40N4O3/c1-15(2)12-17(13-24(16(3)4)14-18(21)25)22-8-10-23(11-9-22)19(26)27-20(5,6)7/h15-17H,8-14H2,1-7H3,(H2,21,25). The van der Waals surface area contributed by atoms with E-state index in [1.165, 1.54) is 0 Å². The summed E-state index contributed by atoms with van der Waals surface area (Å²) in [7, 11) is 0. The molecule has 27 heavy (non-hydrogen) atoms. The zero-order valence-corrected chi connectivity index (χ0v) is 18.3. The Morgan fingerprint density at radius 3 is 2.04 bits per heavy atom. The summed E-state index contributed by atoms with van der Waals surface area (Å²) in [4.78, 5) is 30.1. The second-order valence-corrected chi connectivity index (χ2v) is 9.28. The number of nitrogens with zero attached hydrogens (tertiary/aromatic N) is 3. The van der Waals surface area contributed by atoms with E-state index in [4.69, 9.17) is 10.5 Å². The fourth-order valence-electron chi connectivity index (χ4n) is 3.41. The molecule has 1 unspecified atom stereocenters. The number of amides is 2. The second-order valence-electron chi connectivity index (χ2n) is 9.28. The lowest BCUT2D eigenvalue weighted by atomic mass is 10.0. The molecule has 1 atom stereocenters. The Hall–Kier alpha value is -1.34. The summed E-state index contributed by atoms with van der Waals surface area (Å²) in [6.45, 7) is 18.4. The first-order chi connectivity index (χ1) is 12.4. The summed E-state index contributed by atoms with van der Waals surface area (Å²) in [5, 5.41) is 0. The van der Waals surface area contributed by atoms with Crippen molar-refractivity contribution < 1.29 is 14.3 Å². The predicted molar refractivity (Wildman–Crippen MR) is 109 cm³/mol. The second kappa shape index (κ2) is 10.3. The number of primary amides is 1. The number of ether oxygens (including phenoxy) is 1. The lowest BCUT2D eigenvalue weighted by Gasteiger charge is -2.42. The molecule has 1 saturated heterocycles. The number of hydrogen-bond acceptors (Lipinski definition) is 5. The van der Waals surface area contributed by atoms with Gasteiger partial charge in [-0.05, 0) is 47.0 Å². The minimum absolute atomic E-state index is 0.236. The Bertz CT molecular complexity index is 480. The van der Waals surface area contributed by atoms with Crippen LogP contribution in [-0.4, -0.2) is 83.7 Å². The van der Waals surface area contributed by atoms with Gasteiger partial charge >= 0.3 is 6.09 Å². The quantitative estimate of drug-likeness (QED) is 0.694. The number of nitrogens with two attached hydrogens (primary N) is 1. The van der Waals surface area contributed by atoms with Gasteiger partial charge in [0.15, 0.2) is 0 Å². The van der Waals surface area contributed by atoms with Crippen LogP contribution < -0.4 is 5.73 Å². The number of carbonyl (C=O) groups excluding carboxylic acids is 2. The van der Waals surface area contributed by atoms with Gasteiger partial charge in [0, 0.05) is 44.8 Å². The Kier molecular flexibility index (Phi) is 9.02. The highest BCUT2D eigenvalue weighted by atomic mass is 16.6. The molecule has 158 valence electrons. The Balaban J connectivity index is 2.71. The van der Waals surface area contributed by atoms with Crippen molar-refractivity contribution in [2.24, 2.45) is 11.7 Å². The lowest BCUT2D eigenvalue weighted by Crippen LogP contribution is -2.56. The van der Waals surface area contributed by atoms with E-state index < -0.39 is 5.60 Å². The van der Waals surface area contributed by atoms with E-state index in [-0.39, 0.29) is 24.6 Å². The highest BCUT2D eigenvalue weighted by molar-refractivity contribution is 5.75. The third kappa shape index (κ3) is 8.93. The summed E-state index contributed by atoms with van der Waals surface area (Å²) >= 11 is 0. The van der Waals surface area contributed by atoms with E-state index in [1.807, 2.05) is 20.8 Å². The van der Waals surface area contributed by atoms with E-state index in [9.17, 15) is 9.59 Å². The largest absolute Gasteiger partial charge is 0.444 e. The van der Waals surface area contributed by atoms with Crippen molar-refractivity contribution in [3.8, 4) is 0 Å². The van der Waals surface area contributed by atoms with Crippen LogP contribution in [0.1, 0.15) is 54.9 Å². The summed E-state index contributed by atoms with van der Waals surface area (Å²) < 4.78 is 5.49. The SMILES string of the molecule is CC(C)CC(CN(CC(N)=O)C(C)C)N1CCN(C(=O)OC(C)(C)C)CC1. The predicted octanol–water partition coefficient (Wildman–Crippen LogP) is 2.15. The molecule has 1 heterocycles. The summed E-state index contributed by atoms with van der Waals surface area (Å²) in [6, 6.07) is 0.600. The summed E-state index contributed by atoms with van der Waals surface area (Å²) in [5.74, 6) is 0.267. The molecule has 2 N–H and O–H groups in total. The molecule has 0 aromatic carbocycles. The maximum atomic E-state index is 12.3. The normalized spacial score (nSPS) is 17.6. The third-order valence-electron chi connectivity index (χ3n) is 4.76. The number of carbonyl (C=O) groups is 2. The molecule has 0 bridgehead atoms. The zero-order valence-electron chi connectivity index (χ0n) is 18.3. The molecule has 0 aromatic rings. The molecule has 0 saturated carbocycles. The maximum Gasteiger partial charge on any atom is 0.410 e. The van der Waals surface area contributed by atoms with Gasteiger partial charge < -0.3 is 15.4 Å². The van der Waals surface area contributed by atoms with Crippen molar-refractivity contribution in [3.05, 3.63) is 0 Å². The minimum atomic E-state index is -0.471. The molecule has 1 aliphatic heterocycles. The summed E-state index contributed by atoms with van der Waals surface area (Å²) in [6.07, 6.45) is 0.814. The van der Waals surface area contributed by atoms with Gasteiger partial charge in [0.25, 0.3) is 0 Å². The van der Waals surface area contributed by atoms with E-state index in [0.717, 1.165) is 26.1 Å². The minimum Gasteiger partial charge on any atom is -0.444 e. The van der Waals surface area contributed by atoms with E-state index in [2.05, 4.69) is 37.5 Å². The van der Waals surface area contributed by atoms with Crippen molar-refractivity contribution in [1.29, 1.82) is 0 Å². The van der Waals surface area contributed by atoms with Gasteiger partial charge in [-0.3, -0.25) is 14.6 Å². The number of hydrogen-bond donors (Lipinski definition) is 1. The van der Waals surface area contributed by atoms with Crippen LogP contribution >= 0.6 is 0 Å². The van der Waals surface area contributed by atoms with Crippen LogP contribution in [0, 0.1) is 5.92 Å². The summed E-state index contributed by atoms with van der Waals surface area (Å²) in [5.41, 5.74) is 4.96. The van der Waals surface area contributed by atoms with Crippen molar-refractivity contribution >= 4 is 12.0 Å². The highest BCUT2D eigenvalue weighted by Crippen LogP contribution is 2.18. The van der Waals surface area contributed by atoms with Gasteiger partial charge in [0.2, 0.25) is 5.91 Å². The molecule has 7 heteroatoms. The van der Waals surface area contributed by atoms with Crippen molar-refractivity contribution in [2.75, 3.05) is 39.3 Å². The van der Waals surface area contributed by atoms with E-state index >= 15 is 0 Å². The van der Waals surface area contributed by atoms with Gasteiger partial charge in [-0.25, -0.2) is 4.79 Å². The molecule has 1 rings (SSSR count).